The van der Waals surface area contributed by atoms with Crippen molar-refractivity contribution < 1.29 is 28.9 Å². The fourth-order valence-corrected chi connectivity index (χ4v) is 9.82. The number of carbonyl (C=O) groups excluding carboxylic acids is 2. The topological polar surface area (TPSA) is 82.1 Å². The van der Waals surface area contributed by atoms with Gasteiger partial charge in [-0.3, -0.25) is 9.59 Å². The molecule has 4 aliphatic rings. The Labute approximate surface area is 261 Å². The van der Waals surface area contributed by atoms with Crippen LogP contribution in [0.2, 0.25) is 0 Å². The second-order valence-corrected chi connectivity index (χ2v) is 15.0. The summed E-state index contributed by atoms with van der Waals surface area (Å²) >= 11 is 0. The van der Waals surface area contributed by atoms with Gasteiger partial charge in [-0.15, -0.1) is 0 Å². The normalized spacial score (nSPS) is 35.1. The third-order valence-electron chi connectivity index (χ3n) is 12.3. The molecule has 0 aromatic carbocycles. The van der Waals surface area contributed by atoms with Crippen molar-refractivity contribution in [2.24, 2.45) is 52.3 Å². The Hall–Kier alpha value is -1.66. The van der Waals surface area contributed by atoms with Gasteiger partial charge in [0.15, 0.2) is 0 Å². The van der Waals surface area contributed by atoms with E-state index in [1.807, 2.05) is 0 Å². The number of allylic oxidation sites excluding steroid dienone is 3. The molecule has 9 atom stereocenters. The molecule has 0 spiro atoms. The van der Waals surface area contributed by atoms with Crippen molar-refractivity contribution in [1.82, 2.24) is 0 Å². The fourth-order valence-electron chi connectivity index (χ4n) is 9.82. The Balaban J connectivity index is 1.30. The van der Waals surface area contributed by atoms with Crippen molar-refractivity contribution in [1.29, 1.82) is 0 Å². The van der Waals surface area contributed by atoms with E-state index in [0.717, 1.165) is 42.9 Å². The van der Waals surface area contributed by atoms with E-state index in [4.69, 9.17) is 19.3 Å². The summed E-state index contributed by atoms with van der Waals surface area (Å²) in [4.78, 5) is 24.5. The minimum absolute atomic E-state index is 0.0161. The summed E-state index contributed by atoms with van der Waals surface area (Å²) in [5.41, 5.74) is 2.16. The maximum Gasteiger partial charge on any atom is 0.306 e. The van der Waals surface area contributed by atoms with Crippen molar-refractivity contribution in [3.8, 4) is 0 Å². The molecular formula is C37H60O6. The molecule has 0 radical (unpaired) electrons. The number of hydrogen-bond acceptors (Lipinski definition) is 6. The van der Waals surface area contributed by atoms with Crippen molar-refractivity contribution in [2.45, 2.75) is 118 Å². The maximum atomic E-state index is 12.6. The first-order chi connectivity index (χ1) is 20.5. The summed E-state index contributed by atoms with van der Waals surface area (Å²) in [6.07, 6.45) is 18.2. The van der Waals surface area contributed by atoms with Crippen LogP contribution in [0.5, 0.6) is 0 Å². The first-order valence-electron chi connectivity index (χ1n) is 17.4. The van der Waals surface area contributed by atoms with Gasteiger partial charge in [0.05, 0.1) is 32.7 Å². The lowest BCUT2D eigenvalue weighted by Gasteiger charge is -2.58. The average Bonchev–Trinajstić information content (AvgIpc) is 3.33. The van der Waals surface area contributed by atoms with Crippen LogP contribution in [0.15, 0.2) is 23.8 Å². The number of fused-ring (bicyclic) bond motifs is 5. The van der Waals surface area contributed by atoms with E-state index < -0.39 is 5.97 Å². The Morgan fingerprint density at radius 2 is 1.74 bits per heavy atom. The standard InChI is InChI=1S/C37H60O6/c1-7-27(25(2)3)9-8-26(4)31-12-13-32-30-11-10-28-24-29(16-18-36(28,5)33(30)17-19-37(31,32)6)43-35(40)15-14-34(39)42-23-22-41-21-20-38/h8-10,25-27,29-33,38H,7,11-24H2,1-6H3/b9-8+/t26-,27-,29+,30?,31-,32?,33?,36+,37-/m1/s1. The monoisotopic (exact) mass is 600 g/mol. The number of aliphatic hydroxyl groups excluding tert-OH is 1. The van der Waals surface area contributed by atoms with Crippen LogP contribution >= 0.6 is 0 Å². The highest BCUT2D eigenvalue weighted by Crippen LogP contribution is 2.67. The lowest BCUT2D eigenvalue weighted by atomic mass is 9.47. The van der Waals surface area contributed by atoms with E-state index in [9.17, 15) is 9.59 Å². The van der Waals surface area contributed by atoms with Crippen molar-refractivity contribution in [3.05, 3.63) is 23.8 Å². The van der Waals surface area contributed by atoms with Crippen LogP contribution in [0.4, 0.5) is 0 Å². The largest absolute Gasteiger partial charge is 0.463 e. The predicted molar refractivity (Wildman–Crippen MR) is 170 cm³/mol. The van der Waals surface area contributed by atoms with Gasteiger partial charge < -0.3 is 19.3 Å². The molecule has 4 rings (SSSR count). The van der Waals surface area contributed by atoms with Gasteiger partial charge >= 0.3 is 11.9 Å². The number of rotatable bonds is 14. The first-order valence-corrected chi connectivity index (χ1v) is 17.4. The second kappa shape index (κ2) is 15.1. The highest BCUT2D eigenvalue weighted by Gasteiger charge is 2.59. The fraction of sp³-hybridized carbons (Fsp3) is 0.838. The average molecular weight is 601 g/mol. The molecule has 244 valence electrons. The quantitative estimate of drug-likeness (QED) is 0.125. The molecular weight excluding hydrogens is 540 g/mol. The Kier molecular flexibility index (Phi) is 12.0. The van der Waals surface area contributed by atoms with Gasteiger partial charge in [0, 0.05) is 6.42 Å². The summed E-state index contributed by atoms with van der Waals surface area (Å²) in [5.74, 6) is 4.38. The van der Waals surface area contributed by atoms with Gasteiger partial charge in [-0.05, 0) is 104 Å². The molecule has 0 bridgehead atoms. The molecule has 6 nitrogen and oxygen atoms in total. The molecule has 4 aliphatic carbocycles. The second-order valence-electron chi connectivity index (χ2n) is 15.0. The number of esters is 2. The molecule has 0 heterocycles. The molecule has 0 aromatic rings. The van der Waals surface area contributed by atoms with Gasteiger partial charge in [-0.2, -0.15) is 0 Å². The summed E-state index contributed by atoms with van der Waals surface area (Å²) in [6, 6.07) is 0. The number of hydrogen-bond donors (Lipinski definition) is 1. The van der Waals surface area contributed by atoms with Crippen LogP contribution < -0.4 is 0 Å². The molecule has 0 aromatic heterocycles. The number of carbonyl (C=O) groups is 2. The molecule has 0 aliphatic heterocycles. The maximum absolute atomic E-state index is 12.6. The zero-order valence-electron chi connectivity index (χ0n) is 27.9. The Bertz CT molecular complexity index is 1000. The number of aliphatic hydroxyl groups is 1. The van der Waals surface area contributed by atoms with Crippen LogP contribution in [0.3, 0.4) is 0 Å². The molecule has 43 heavy (non-hydrogen) atoms. The van der Waals surface area contributed by atoms with E-state index in [1.54, 1.807) is 0 Å². The van der Waals surface area contributed by atoms with Crippen LogP contribution in [0.1, 0.15) is 112 Å². The first kappa shape index (κ1) is 34.2. The molecule has 6 heteroatoms. The summed E-state index contributed by atoms with van der Waals surface area (Å²) in [5, 5.41) is 8.71. The van der Waals surface area contributed by atoms with Crippen molar-refractivity contribution >= 4 is 11.9 Å². The van der Waals surface area contributed by atoms with Gasteiger partial charge in [0.1, 0.15) is 12.7 Å². The third kappa shape index (κ3) is 7.77. The Morgan fingerprint density at radius 3 is 2.47 bits per heavy atom. The van der Waals surface area contributed by atoms with Crippen molar-refractivity contribution in [2.75, 3.05) is 26.4 Å². The molecule has 3 fully saturated rings. The zero-order chi connectivity index (χ0) is 31.2. The third-order valence-corrected chi connectivity index (χ3v) is 12.3. The minimum atomic E-state index is -0.425. The van der Waals surface area contributed by atoms with Gasteiger partial charge in [-0.25, -0.2) is 0 Å². The summed E-state index contributed by atoms with van der Waals surface area (Å²) in [7, 11) is 0. The Morgan fingerprint density at radius 1 is 0.977 bits per heavy atom. The number of ether oxygens (including phenoxy) is 3. The van der Waals surface area contributed by atoms with E-state index in [2.05, 4.69) is 59.8 Å². The van der Waals surface area contributed by atoms with Gasteiger partial charge in [0.25, 0.3) is 0 Å². The van der Waals surface area contributed by atoms with E-state index in [-0.39, 0.29) is 56.8 Å². The lowest BCUT2D eigenvalue weighted by molar-refractivity contribution is -0.155. The molecule has 0 amide bonds. The van der Waals surface area contributed by atoms with E-state index >= 15 is 0 Å². The van der Waals surface area contributed by atoms with Crippen LogP contribution in [-0.2, 0) is 23.8 Å². The van der Waals surface area contributed by atoms with Gasteiger partial charge in [-0.1, -0.05) is 65.3 Å². The zero-order valence-corrected chi connectivity index (χ0v) is 27.9. The van der Waals surface area contributed by atoms with Gasteiger partial charge in [0.2, 0.25) is 0 Å². The molecule has 0 saturated heterocycles. The van der Waals surface area contributed by atoms with Crippen LogP contribution in [-0.4, -0.2) is 49.6 Å². The lowest BCUT2D eigenvalue weighted by Crippen LogP contribution is -2.51. The van der Waals surface area contributed by atoms with Crippen LogP contribution in [0.25, 0.3) is 0 Å². The predicted octanol–water partition coefficient (Wildman–Crippen LogP) is 7.68. The van der Waals surface area contributed by atoms with Crippen molar-refractivity contribution in [3.63, 3.8) is 0 Å². The van der Waals surface area contributed by atoms with Crippen LogP contribution in [0, 0.1) is 52.3 Å². The SMILES string of the molecule is CC[C@H](/C=C/[C@@H](C)[C@H]1CCC2C3CC=C4C[C@@H](OC(=O)CCC(=O)OCCOCCO)CC[C@]4(C)C3CC[C@@]21C)C(C)C. The highest BCUT2D eigenvalue weighted by molar-refractivity contribution is 5.77. The van der Waals surface area contributed by atoms with E-state index in [0.29, 0.717) is 23.2 Å². The highest BCUT2D eigenvalue weighted by atomic mass is 16.6. The molecule has 1 N–H and O–H groups in total. The molecule has 3 saturated carbocycles. The van der Waals surface area contributed by atoms with E-state index in [1.165, 1.54) is 44.1 Å². The summed E-state index contributed by atoms with van der Waals surface area (Å²) < 4.78 is 16.0. The molecule has 3 unspecified atom stereocenters. The smallest absolute Gasteiger partial charge is 0.306 e. The minimum Gasteiger partial charge on any atom is -0.463 e. The summed E-state index contributed by atoms with van der Waals surface area (Å²) in [6.45, 7) is 15.2.